The van der Waals surface area contributed by atoms with Crippen molar-refractivity contribution in [2.75, 3.05) is 11.9 Å². The number of carbonyl (C=O) groups is 1. The van der Waals surface area contributed by atoms with Gasteiger partial charge in [-0.05, 0) is 30.2 Å². The van der Waals surface area contributed by atoms with E-state index in [2.05, 4.69) is 10.6 Å². The first-order chi connectivity index (χ1) is 9.66. The number of carbonyl (C=O) groups excluding carboxylic acids is 1. The van der Waals surface area contributed by atoms with Crippen LogP contribution >= 0.6 is 11.6 Å². The van der Waals surface area contributed by atoms with E-state index < -0.39 is 0 Å². The van der Waals surface area contributed by atoms with E-state index >= 15 is 0 Å². The molecule has 0 heterocycles. The van der Waals surface area contributed by atoms with Gasteiger partial charge in [-0.25, -0.2) is 0 Å². The highest BCUT2D eigenvalue weighted by molar-refractivity contribution is 6.31. The number of rotatable bonds is 5. The van der Waals surface area contributed by atoms with E-state index in [9.17, 15) is 4.79 Å². The minimum Gasteiger partial charge on any atom is -0.376 e. The fourth-order valence-electron chi connectivity index (χ4n) is 1.84. The Morgan fingerprint density at radius 2 is 1.80 bits per heavy atom. The Labute approximate surface area is 124 Å². The maximum absolute atomic E-state index is 11.8. The lowest BCUT2D eigenvalue weighted by molar-refractivity contribution is -0.119. The summed E-state index contributed by atoms with van der Waals surface area (Å²) in [7, 11) is 0. The summed E-state index contributed by atoms with van der Waals surface area (Å²) in [5, 5.41) is 6.63. The molecule has 0 spiro atoms. The summed E-state index contributed by atoms with van der Waals surface area (Å²) < 4.78 is 0. The van der Waals surface area contributed by atoms with Gasteiger partial charge in [0, 0.05) is 17.3 Å². The van der Waals surface area contributed by atoms with Crippen LogP contribution in [-0.2, 0) is 11.3 Å². The zero-order valence-electron chi connectivity index (χ0n) is 11.3. The zero-order valence-corrected chi connectivity index (χ0v) is 12.1. The van der Waals surface area contributed by atoms with Gasteiger partial charge < -0.3 is 10.6 Å². The number of halogens is 1. The van der Waals surface area contributed by atoms with Crippen LogP contribution in [0, 0.1) is 6.92 Å². The Hall–Kier alpha value is -2.00. The average molecular weight is 289 g/mol. The third kappa shape index (κ3) is 4.00. The molecule has 2 aromatic carbocycles. The second-order valence-corrected chi connectivity index (χ2v) is 4.94. The molecule has 104 valence electrons. The molecule has 0 saturated carbocycles. The first-order valence-electron chi connectivity index (χ1n) is 6.46. The van der Waals surface area contributed by atoms with E-state index in [-0.39, 0.29) is 12.5 Å². The maximum atomic E-state index is 11.8. The molecule has 2 rings (SSSR count). The molecular formula is C16H17ClN2O. The molecule has 2 aromatic rings. The molecule has 0 radical (unpaired) electrons. The largest absolute Gasteiger partial charge is 0.376 e. The average Bonchev–Trinajstić information content (AvgIpc) is 2.45. The van der Waals surface area contributed by atoms with Crippen molar-refractivity contribution in [1.82, 2.24) is 5.32 Å². The predicted octanol–water partition coefficient (Wildman–Crippen LogP) is 3.38. The van der Waals surface area contributed by atoms with Gasteiger partial charge in [-0.2, -0.15) is 0 Å². The Morgan fingerprint density at radius 1 is 1.10 bits per heavy atom. The molecule has 0 aliphatic heterocycles. The highest BCUT2D eigenvalue weighted by Gasteiger charge is 2.04. The fraction of sp³-hybridized carbons (Fsp3) is 0.188. The van der Waals surface area contributed by atoms with Crippen molar-refractivity contribution < 1.29 is 4.79 Å². The van der Waals surface area contributed by atoms with Crippen LogP contribution in [0.1, 0.15) is 11.1 Å². The molecule has 0 unspecified atom stereocenters. The fourth-order valence-corrected chi connectivity index (χ4v) is 2.05. The lowest BCUT2D eigenvalue weighted by atomic mass is 10.2. The summed E-state index contributed by atoms with van der Waals surface area (Å²) in [5.41, 5.74) is 3.00. The predicted molar refractivity (Wildman–Crippen MR) is 83.0 cm³/mol. The van der Waals surface area contributed by atoms with E-state index in [0.717, 1.165) is 16.8 Å². The zero-order chi connectivity index (χ0) is 14.4. The molecule has 0 aliphatic rings. The molecular weight excluding hydrogens is 272 g/mol. The summed E-state index contributed by atoms with van der Waals surface area (Å²) in [4.78, 5) is 11.8. The van der Waals surface area contributed by atoms with Crippen LogP contribution in [0.25, 0.3) is 0 Å². The smallest absolute Gasteiger partial charge is 0.239 e. The second-order valence-electron chi connectivity index (χ2n) is 4.54. The number of hydrogen-bond acceptors (Lipinski definition) is 2. The van der Waals surface area contributed by atoms with Gasteiger partial charge in [0.05, 0.1) is 6.54 Å². The summed E-state index contributed by atoms with van der Waals surface area (Å²) in [6.45, 7) is 2.69. The number of benzene rings is 2. The Bertz CT molecular complexity index is 547. The molecule has 0 bridgehead atoms. The van der Waals surface area contributed by atoms with Crippen molar-refractivity contribution in [1.29, 1.82) is 0 Å². The van der Waals surface area contributed by atoms with Crippen molar-refractivity contribution in [3.05, 3.63) is 64.7 Å². The lowest BCUT2D eigenvalue weighted by Crippen LogP contribution is -2.29. The summed E-state index contributed by atoms with van der Waals surface area (Å²) >= 11 is 6.03. The van der Waals surface area contributed by atoms with E-state index in [4.69, 9.17) is 11.6 Å². The topological polar surface area (TPSA) is 41.1 Å². The van der Waals surface area contributed by atoms with Crippen molar-refractivity contribution in [3.63, 3.8) is 0 Å². The number of amides is 1. The summed E-state index contributed by atoms with van der Waals surface area (Å²) in [6, 6.07) is 15.4. The van der Waals surface area contributed by atoms with Crippen molar-refractivity contribution in [2.45, 2.75) is 13.5 Å². The standard InChI is InChI=1S/C16H17ClN2O/c1-12-6-2-5-9-15(12)18-11-16(20)19-10-13-7-3-4-8-14(13)17/h2-9,18H,10-11H2,1H3,(H,19,20). The van der Waals surface area contributed by atoms with E-state index in [1.807, 2.05) is 55.5 Å². The first-order valence-corrected chi connectivity index (χ1v) is 6.84. The number of para-hydroxylation sites is 1. The number of hydrogen-bond donors (Lipinski definition) is 2. The highest BCUT2D eigenvalue weighted by atomic mass is 35.5. The third-order valence-corrected chi connectivity index (χ3v) is 3.39. The highest BCUT2D eigenvalue weighted by Crippen LogP contribution is 2.14. The van der Waals surface area contributed by atoms with Gasteiger partial charge in [-0.3, -0.25) is 4.79 Å². The van der Waals surface area contributed by atoms with Gasteiger partial charge in [0.1, 0.15) is 0 Å². The minimum absolute atomic E-state index is 0.0619. The van der Waals surface area contributed by atoms with Gasteiger partial charge in [0.25, 0.3) is 0 Å². The van der Waals surface area contributed by atoms with Gasteiger partial charge in [0.2, 0.25) is 5.91 Å². The number of nitrogens with one attached hydrogen (secondary N) is 2. The van der Waals surface area contributed by atoms with Crippen molar-refractivity contribution in [3.8, 4) is 0 Å². The molecule has 0 atom stereocenters. The van der Waals surface area contributed by atoms with Crippen molar-refractivity contribution in [2.24, 2.45) is 0 Å². The van der Waals surface area contributed by atoms with Gasteiger partial charge >= 0.3 is 0 Å². The Kier molecular flexibility index (Phi) is 5.02. The first kappa shape index (κ1) is 14.4. The molecule has 1 amide bonds. The van der Waals surface area contributed by atoms with E-state index in [1.54, 1.807) is 0 Å². The molecule has 0 aromatic heterocycles. The minimum atomic E-state index is -0.0619. The molecule has 4 heteroatoms. The van der Waals surface area contributed by atoms with Crippen LogP contribution in [0.3, 0.4) is 0 Å². The molecule has 2 N–H and O–H groups in total. The van der Waals surface area contributed by atoms with Crippen LogP contribution in [-0.4, -0.2) is 12.5 Å². The van der Waals surface area contributed by atoms with Crippen LogP contribution < -0.4 is 10.6 Å². The summed E-state index contributed by atoms with van der Waals surface area (Å²) in [5.74, 6) is -0.0619. The van der Waals surface area contributed by atoms with Gasteiger partial charge in [-0.1, -0.05) is 48.0 Å². The van der Waals surface area contributed by atoms with E-state index in [0.29, 0.717) is 11.6 Å². The number of aryl methyl sites for hydroxylation is 1. The van der Waals surface area contributed by atoms with Gasteiger partial charge in [-0.15, -0.1) is 0 Å². The molecule has 3 nitrogen and oxygen atoms in total. The summed E-state index contributed by atoms with van der Waals surface area (Å²) in [6.07, 6.45) is 0. The van der Waals surface area contributed by atoms with Crippen LogP contribution in [0.5, 0.6) is 0 Å². The monoisotopic (exact) mass is 288 g/mol. The number of anilines is 1. The Balaban J connectivity index is 1.82. The Morgan fingerprint density at radius 3 is 2.55 bits per heavy atom. The molecule has 20 heavy (non-hydrogen) atoms. The molecule has 0 aliphatic carbocycles. The quantitative estimate of drug-likeness (QED) is 0.885. The lowest BCUT2D eigenvalue weighted by Gasteiger charge is -2.10. The van der Waals surface area contributed by atoms with E-state index in [1.165, 1.54) is 0 Å². The molecule has 0 fully saturated rings. The second kappa shape index (κ2) is 6.96. The van der Waals surface area contributed by atoms with Crippen LogP contribution in [0.15, 0.2) is 48.5 Å². The van der Waals surface area contributed by atoms with Crippen molar-refractivity contribution >= 4 is 23.2 Å². The van der Waals surface area contributed by atoms with Crippen LogP contribution in [0.4, 0.5) is 5.69 Å². The maximum Gasteiger partial charge on any atom is 0.239 e. The van der Waals surface area contributed by atoms with Crippen LogP contribution in [0.2, 0.25) is 5.02 Å². The normalized spacial score (nSPS) is 10.1. The third-order valence-electron chi connectivity index (χ3n) is 3.02. The SMILES string of the molecule is Cc1ccccc1NCC(=O)NCc1ccccc1Cl. The molecule has 0 saturated heterocycles. The van der Waals surface area contributed by atoms with Gasteiger partial charge in [0.15, 0.2) is 0 Å².